The third-order valence-electron chi connectivity index (χ3n) is 1.19. The van der Waals surface area contributed by atoms with E-state index in [-0.39, 0.29) is 14.6 Å². The highest BCUT2D eigenvalue weighted by Gasteiger charge is 2.11. The van der Waals surface area contributed by atoms with Gasteiger partial charge < -0.3 is 0 Å². The van der Waals surface area contributed by atoms with E-state index in [1.807, 2.05) is 13.8 Å². The summed E-state index contributed by atoms with van der Waals surface area (Å²) in [6.07, 6.45) is 0. The minimum absolute atomic E-state index is 0.0278. The van der Waals surface area contributed by atoms with Crippen molar-refractivity contribution in [3.05, 3.63) is 0 Å². The van der Waals surface area contributed by atoms with Gasteiger partial charge in [-0.2, -0.15) is 5.26 Å². The Kier molecular flexibility index (Phi) is 2.04. The fourth-order valence-corrected chi connectivity index (χ4v) is 0.237. The molecule has 0 spiro atoms. The Balaban J connectivity index is 3.66. The number of rotatable bonds is 1. The highest BCUT2D eigenvalue weighted by molar-refractivity contribution is 6.39. The fraction of sp³-hybridized carbons (Fsp3) is 0.800. The molecule has 7 heavy (non-hydrogen) atoms. The normalized spacial score (nSPS) is 12.3. The topological polar surface area (TPSA) is 23.8 Å². The minimum atomic E-state index is -0.119. The molecule has 0 bridgehead atoms. The van der Waals surface area contributed by atoms with Crippen LogP contribution in [0.3, 0.4) is 0 Å². The molecule has 0 aromatic carbocycles. The Hall–Kier alpha value is -0.293. The maximum absolute atomic E-state index is 8.38. The Morgan fingerprint density at radius 3 is 2.00 bits per heavy atom. The van der Waals surface area contributed by atoms with Crippen molar-refractivity contribution in [2.24, 2.45) is 0 Å². The summed E-state index contributed by atoms with van der Waals surface area (Å²) < 4.78 is 0. The van der Waals surface area contributed by atoms with Gasteiger partial charge in [-0.3, -0.25) is 0 Å². The van der Waals surface area contributed by atoms with Gasteiger partial charge in [0.25, 0.3) is 0 Å². The lowest BCUT2D eigenvalue weighted by Gasteiger charge is -2.08. The molecule has 0 aliphatic carbocycles. The first-order valence-electron chi connectivity index (χ1n) is 2.53. The smallest absolute Gasteiger partial charge is 0.0644 e. The molecule has 40 valence electrons. The van der Waals surface area contributed by atoms with Crippen LogP contribution in [0.15, 0.2) is 0 Å². The molecule has 2 heteroatoms. The van der Waals surface area contributed by atoms with E-state index >= 15 is 0 Å². The zero-order valence-electron chi connectivity index (χ0n) is 5.15. The van der Waals surface area contributed by atoms with Crippen molar-refractivity contribution in [3.8, 4) is 6.07 Å². The molecule has 0 atom stereocenters. The molecule has 0 fully saturated rings. The third kappa shape index (κ3) is 2.41. The Labute approximate surface area is 47.2 Å². The van der Waals surface area contributed by atoms with Gasteiger partial charge in [0.05, 0.1) is 6.07 Å². The number of nitriles is 1. The molecule has 0 saturated heterocycles. The lowest BCUT2D eigenvalue weighted by molar-refractivity contribution is 0.865. The molecule has 0 aliphatic heterocycles. The number of hydrogen-bond donors (Lipinski definition) is 0. The number of nitrogens with zero attached hydrogens (tertiary/aromatic N) is 1. The first kappa shape index (κ1) is 6.71. The summed E-state index contributed by atoms with van der Waals surface area (Å²) in [6, 6.07) is 2.25. The van der Waals surface area contributed by atoms with E-state index in [4.69, 9.17) is 5.26 Å². The van der Waals surface area contributed by atoms with Crippen LogP contribution in [-0.2, 0) is 0 Å². The van der Waals surface area contributed by atoms with Crippen molar-refractivity contribution in [1.82, 2.24) is 0 Å². The summed E-state index contributed by atoms with van der Waals surface area (Å²) in [6.45, 7) is 6.15. The van der Waals surface area contributed by atoms with Gasteiger partial charge in [-0.25, -0.2) is 0 Å². The molecular weight excluding hydrogens is 102 g/mol. The SMILES string of the molecule is C[SiH2]C(C)(C)C#N. The summed E-state index contributed by atoms with van der Waals surface area (Å²) in [5.74, 6) is 0. The van der Waals surface area contributed by atoms with Gasteiger partial charge in [0.15, 0.2) is 0 Å². The Bertz CT molecular complexity index is 90.7. The summed E-state index contributed by atoms with van der Waals surface area (Å²) >= 11 is 0. The second-order valence-corrected chi connectivity index (χ2v) is 4.82. The highest BCUT2D eigenvalue weighted by atomic mass is 28.2. The van der Waals surface area contributed by atoms with Crippen molar-refractivity contribution in [1.29, 1.82) is 5.26 Å². The molecule has 0 amide bonds. The zero-order valence-corrected chi connectivity index (χ0v) is 6.57. The summed E-state index contributed by atoms with van der Waals surface area (Å²) in [4.78, 5) is 0. The quantitative estimate of drug-likeness (QED) is 0.464. The highest BCUT2D eigenvalue weighted by Crippen LogP contribution is 2.18. The lowest BCUT2D eigenvalue weighted by atomic mass is 10.2. The van der Waals surface area contributed by atoms with Crippen LogP contribution in [0.1, 0.15) is 13.8 Å². The monoisotopic (exact) mass is 113 g/mol. The zero-order chi connectivity index (χ0) is 5.91. The van der Waals surface area contributed by atoms with Gasteiger partial charge in [-0.15, -0.1) is 0 Å². The second-order valence-electron chi connectivity index (χ2n) is 2.35. The van der Waals surface area contributed by atoms with E-state index < -0.39 is 0 Å². The van der Waals surface area contributed by atoms with Crippen LogP contribution in [0.2, 0.25) is 11.6 Å². The van der Waals surface area contributed by atoms with E-state index in [1.54, 1.807) is 0 Å². The van der Waals surface area contributed by atoms with E-state index in [1.165, 1.54) is 0 Å². The van der Waals surface area contributed by atoms with Crippen molar-refractivity contribution in [3.63, 3.8) is 0 Å². The van der Waals surface area contributed by atoms with Crippen LogP contribution in [0.5, 0.6) is 0 Å². The molecule has 0 rings (SSSR count). The van der Waals surface area contributed by atoms with Crippen LogP contribution >= 0.6 is 0 Å². The maximum Gasteiger partial charge on any atom is 0.0644 e. The number of hydrogen-bond acceptors (Lipinski definition) is 1. The van der Waals surface area contributed by atoms with E-state index in [9.17, 15) is 0 Å². The van der Waals surface area contributed by atoms with E-state index in [0.717, 1.165) is 0 Å². The van der Waals surface area contributed by atoms with Crippen molar-refractivity contribution in [2.45, 2.75) is 25.4 Å². The van der Waals surface area contributed by atoms with Gasteiger partial charge in [0.1, 0.15) is 0 Å². The first-order valence-corrected chi connectivity index (χ1v) is 4.66. The first-order chi connectivity index (χ1) is 3.12. The minimum Gasteiger partial charge on any atom is -0.198 e. The van der Waals surface area contributed by atoms with Crippen LogP contribution in [-0.4, -0.2) is 9.52 Å². The van der Waals surface area contributed by atoms with Crippen LogP contribution in [0.25, 0.3) is 0 Å². The predicted octanol–water partition coefficient (Wildman–Crippen LogP) is 0.925. The molecule has 0 aromatic heterocycles. The molecule has 0 aliphatic rings. The molecular formula is C5H11NSi. The van der Waals surface area contributed by atoms with Gasteiger partial charge in [-0.05, 0) is 0 Å². The summed E-state index contributed by atoms with van der Waals surface area (Å²) in [7, 11) is -0.119. The van der Waals surface area contributed by atoms with Crippen LogP contribution in [0.4, 0.5) is 0 Å². The van der Waals surface area contributed by atoms with Gasteiger partial charge >= 0.3 is 0 Å². The standard InChI is InChI=1S/C5H11NSi/c1-5(2,4-6)7-3/h7H2,1-3H3. The Morgan fingerprint density at radius 1 is 1.57 bits per heavy atom. The largest absolute Gasteiger partial charge is 0.198 e. The van der Waals surface area contributed by atoms with Gasteiger partial charge in [0.2, 0.25) is 0 Å². The average Bonchev–Trinajstić information content (AvgIpc) is 1.68. The molecule has 0 N–H and O–H groups in total. The van der Waals surface area contributed by atoms with E-state index in [0.29, 0.717) is 0 Å². The van der Waals surface area contributed by atoms with Crippen molar-refractivity contribution >= 4 is 9.52 Å². The van der Waals surface area contributed by atoms with Crippen LogP contribution < -0.4 is 0 Å². The maximum atomic E-state index is 8.38. The lowest BCUT2D eigenvalue weighted by Crippen LogP contribution is -2.04. The molecule has 1 nitrogen and oxygen atoms in total. The fourth-order valence-electron chi connectivity index (χ4n) is 0.0791. The average molecular weight is 113 g/mol. The Morgan fingerprint density at radius 2 is 2.00 bits per heavy atom. The molecule has 0 heterocycles. The molecule has 0 radical (unpaired) electrons. The summed E-state index contributed by atoms with van der Waals surface area (Å²) in [5, 5.41) is 8.41. The summed E-state index contributed by atoms with van der Waals surface area (Å²) in [5.41, 5.74) is 0. The molecule has 0 unspecified atom stereocenters. The van der Waals surface area contributed by atoms with E-state index in [2.05, 4.69) is 12.6 Å². The van der Waals surface area contributed by atoms with Crippen LogP contribution in [0, 0.1) is 11.3 Å². The van der Waals surface area contributed by atoms with Crippen molar-refractivity contribution in [2.75, 3.05) is 0 Å². The molecule has 0 saturated carbocycles. The third-order valence-corrected chi connectivity index (χ3v) is 3.11. The van der Waals surface area contributed by atoms with Gasteiger partial charge in [-0.1, -0.05) is 20.4 Å². The predicted molar refractivity (Wildman–Crippen MR) is 34.1 cm³/mol. The van der Waals surface area contributed by atoms with Gasteiger partial charge in [0, 0.05) is 14.6 Å². The van der Waals surface area contributed by atoms with Crippen molar-refractivity contribution < 1.29 is 0 Å². The second kappa shape index (κ2) is 2.13. The molecule has 0 aromatic rings.